The van der Waals surface area contributed by atoms with E-state index in [1.807, 2.05) is 0 Å². The molecule has 15 N–H and O–H groups in total. The van der Waals surface area contributed by atoms with Gasteiger partial charge in [0.25, 0.3) is 0 Å². The number of aromatic hydroxyl groups is 1. The molecule has 1 aromatic rings. The van der Waals surface area contributed by atoms with Gasteiger partial charge in [-0.1, -0.05) is 66.5 Å². The lowest BCUT2D eigenvalue weighted by Crippen LogP contribution is -2.63. The lowest BCUT2D eigenvalue weighted by Gasteiger charge is -2.33. The van der Waals surface area contributed by atoms with Gasteiger partial charge in [-0.15, -0.1) is 0 Å². The van der Waals surface area contributed by atoms with Gasteiger partial charge in [-0.05, 0) is 68.1 Å². The molecule has 1 saturated heterocycles. The van der Waals surface area contributed by atoms with Gasteiger partial charge in [-0.3, -0.25) is 47.9 Å². The number of aliphatic carboxylic acids is 3. The van der Waals surface area contributed by atoms with Gasteiger partial charge >= 0.3 is 17.9 Å². The van der Waals surface area contributed by atoms with Crippen molar-refractivity contribution in [3.05, 3.63) is 29.8 Å². The molecule has 414 valence electrons. The summed E-state index contributed by atoms with van der Waals surface area (Å²) in [5.74, 6) is -13.4. The number of nitrogens with two attached hydrogens (primary N) is 1. The molecule has 0 unspecified atom stereocenters. The number of hydrogen-bond donors (Lipinski definition) is 14. The van der Waals surface area contributed by atoms with Crippen LogP contribution < -0.4 is 43.0 Å². The highest BCUT2D eigenvalue weighted by Gasteiger charge is 2.43. The molecule has 0 spiro atoms. The fourth-order valence-corrected chi connectivity index (χ4v) is 7.84. The summed E-state index contributed by atoms with van der Waals surface area (Å²) in [7, 11) is 0. The molecule has 26 nitrogen and oxygen atoms in total. The number of rotatable bonds is 31. The van der Waals surface area contributed by atoms with Gasteiger partial charge in [-0.25, -0.2) is 4.79 Å². The number of phenolic OH excluding ortho intramolecular Hbond substituents is 1. The molecule has 1 aliphatic rings. The summed E-state index contributed by atoms with van der Waals surface area (Å²) in [6.45, 7) is 10.2. The van der Waals surface area contributed by atoms with E-state index in [9.17, 15) is 83.4 Å². The molecule has 1 aliphatic heterocycles. The van der Waals surface area contributed by atoms with Gasteiger partial charge < -0.3 is 78.5 Å². The Balaban J connectivity index is 2.34. The minimum Gasteiger partial charge on any atom is -0.508 e. The summed E-state index contributed by atoms with van der Waals surface area (Å²) in [6.07, 6.45) is -3.05. The van der Waals surface area contributed by atoms with Crippen LogP contribution in [-0.2, 0) is 59.2 Å². The van der Waals surface area contributed by atoms with Crippen LogP contribution in [0.3, 0.4) is 0 Å². The van der Waals surface area contributed by atoms with Gasteiger partial charge in [0, 0.05) is 25.8 Å². The van der Waals surface area contributed by atoms with Crippen LogP contribution in [0.15, 0.2) is 24.3 Å². The lowest BCUT2D eigenvalue weighted by molar-refractivity contribution is -0.145. The van der Waals surface area contributed by atoms with Crippen LogP contribution in [0.1, 0.15) is 105 Å². The fourth-order valence-electron chi connectivity index (χ4n) is 7.84. The number of carbonyl (C=O) groups excluding carboxylic acids is 8. The van der Waals surface area contributed by atoms with E-state index >= 15 is 0 Å². The molecule has 74 heavy (non-hydrogen) atoms. The minimum atomic E-state index is -1.67. The van der Waals surface area contributed by atoms with Gasteiger partial charge in [-0.2, -0.15) is 0 Å². The summed E-state index contributed by atoms with van der Waals surface area (Å²) < 4.78 is 0. The number of aliphatic hydroxyl groups excluding tert-OH is 2. The Morgan fingerprint density at radius 1 is 0.622 bits per heavy atom. The first-order chi connectivity index (χ1) is 34.7. The van der Waals surface area contributed by atoms with Crippen molar-refractivity contribution in [2.45, 2.75) is 167 Å². The fraction of sp³-hybridized carbons (Fsp3) is 0.646. The smallest absolute Gasteiger partial charge is 0.326 e. The average molecular weight is 1050 g/mol. The molecule has 1 fully saturated rings. The van der Waals surface area contributed by atoms with E-state index < -0.39 is 176 Å². The topological polar surface area (TPSA) is 423 Å². The Morgan fingerprint density at radius 3 is 1.51 bits per heavy atom. The largest absolute Gasteiger partial charge is 0.508 e. The molecule has 26 heteroatoms. The third-order valence-corrected chi connectivity index (χ3v) is 12.8. The van der Waals surface area contributed by atoms with Crippen molar-refractivity contribution in [2.75, 3.05) is 13.2 Å². The molecule has 1 heterocycles. The molecule has 0 aliphatic carbocycles. The average Bonchev–Trinajstić information content (AvgIpc) is 3.85. The third kappa shape index (κ3) is 19.5. The lowest BCUT2D eigenvalue weighted by atomic mass is 9.94. The van der Waals surface area contributed by atoms with Gasteiger partial charge in [0.15, 0.2) is 0 Å². The number of carboxylic acids is 3. The standard InChI is InChI=1S/C48H75N9O17/c1-8-24(5)37(54-42(67)31(17-19-35(63)64)51-41(66)30(16-18-34(61)62)50-40(65)29(49)22-58)45(70)55-38(25(6)9-2)46(71)56-39(26(7)59)47(72)57-20-10-11-33(57)43(68)53-36(23(3)4)44(69)52-32(48(73)74)21-27-12-14-28(60)15-13-27/h12-15,23-26,29-33,36-39,58-60H,8-11,16-22,49H2,1-7H3,(H,50,65)(H,51,66)(H,52,69)(H,53,68)(H,54,67)(H,55,70)(H,56,71)(H,61,62)(H,63,64)(H,73,74)/t24-,25-,26+,29-,30-,31-,32-,33-,36-,37-,38-,39-/m0/s1. The number of benzene rings is 1. The quantitative estimate of drug-likeness (QED) is 0.0368. The number of phenols is 1. The Morgan fingerprint density at radius 2 is 1.07 bits per heavy atom. The number of hydrogen-bond acceptors (Lipinski definition) is 15. The molecule has 0 aromatic heterocycles. The normalized spacial score (nSPS) is 17.8. The van der Waals surface area contributed by atoms with Gasteiger partial charge in [0.05, 0.1) is 12.7 Å². The minimum absolute atomic E-state index is 0.00744. The van der Waals surface area contributed by atoms with E-state index in [2.05, 4.69) is 37.2 Å². The zero-order valence-corrected chi connectivity index (χ0v) is 42.8. The van der Waals surface area contributed by atoms with Crippen molar-refractivity contribution in [3.63, 3.8) is 0 Å². The number of likely N-dealkylation sites (tertiary alicyclic amines) is 1. The summed E-state index contributed by atoms with van der Waals surface area (Å²) in [5.41, 5.74) is 6.04. The van der Waals surface area contributed by atoms with Gasteiger partial charge in [0.1, 0.15) is 60.1 Å². The first-order valence-corrected chi connectivity index (χ1v) is 24.6. The van der Waals surface area contributed by atoms with Crippen molar-refractivity contribution >= 4 is 65.2 Å². The SMILES string of the molecule is CC[C@H](C)[C@H](NC(=O)[C@H](CCC(=O)O)NC(=O)[C@H](CCC(=O)O)NC(=O)[C@@H](N)CO)C(=O)N[C@H](C(=O)N[C@H](C(=O)N1CCC[C@H]1C(=O)N[C@H](C(=O)N[C@@H](Cc1ccc(O)cc1)C(=O)O)C(C)C)[C@@H](C)O)[C@@H](C)CC. The maximum atomic E-state index is 14.2. The third-order valence-electron chi connectivity index (χ3n) is 12.8. The van der Waals surface area contributed by atoms with Crippen LogP contribution in [0.25, 0.3) is 0 Å². The van der Waals surface area contributed by atoms with Crippen LogP contribution in [0.4, 0.5) is 0 Å². The highest BCUT2D eigenvalue weighted by Crippen LogP contribution is 2.22. The molecular formula is C48H75N9O17. The second-order valence-electron chi connectivity index (χ2n) is 18.9. The molecule has 1 aromatic carbocycles. The molecule has 2 rings (SSSR count). The van der Waals surface area contributed by atoms with E-state index in [1.165, 1.54) is 31.2 Å². The number of nitrogens with one attached hydrogen (secondary N) is 7. The summed E-state index contributed by atoms with van der Waals surface area (Å²) in [6, 6.07) is -7.42. The van der Waals surface area contributed by atoms with Crippen molar-refractivity contribution in [3.8, 4) is 5.75 Å². The van der Waals surface area contributed by atoms with Crippen molar-refractivity contribution < 1.29 is 83.4 Å². The second-order valence-corrected chi connectivity index (χ2v) is 18.9. The molecule has 0 bridgehead atoms. The maximum Gasteiger partial charge on any atom is 0.326 e. The zero-order chi connectivity index (χ0) is 56.1. The van der Waals surface area contributed by atoms with E-state index in [1.54, 1.807) is 41.5 Å². The Labute approximate surface area is 428 Å². The summed E-state index contributed by atoms with van der Waals surface area (Å²) >= 11 is 0. The Kier molecular flexibility index (Phi) is 25.9. The van der Waals surface area contributed by atoms with Crippen molar-refractivity contribution in [1.82, 2.24) is 42.1 Å². The van der Waals surface area contributed by atoms with Gasteiger partial charge in [0.2, 0.25) is 47.3 Å². The van der Waals surface area contributed by atoms with Crippen molar-refractivity contribution in [2.24, 2.45) is 23.5 Å². The number of aliphatic hydroxyl groups is 2. The van der Waals surface area contributed by atoms with Crippen LogP contribution in [-0.4, -0.2) is 174 Å². The monoisotopic (exact) mass is 1050 g/mol. The second kappa shape index (κ2) is 30.3. The van der Waals surface area contributed by atoms with Crippen LogP contribution >= 0.6 is 0 Å². The zero-order valence-electron chi connectivity index (χ0n) is 42.8. The first kappa shape index (κ1) is 63.2. The van der Waals surface area contributed by atoms with E-state index in [0.717, 1.165) is 4.90 Å². The van der Waals surface area contributed by atoms with Crippen LogP contribution in [0, 0.1) is 17.8 Å². The predicted molar refractivity (Wildman–Crippen MR) is 262 cm³/mol. The molecule has 8 amide bonds. The molecule has 0 radical (unpaired) electrons. The first-order valence-electron chi connectivity index (χ1n) is 24.6. The molecule has 12 atom stereocenters. The number of nitrogens with zero attached hydrogens (tertiary/aromatic N) is 1. The molecule has 0 saturated carbocycles. The highest BCUT2D eigenvalue weighted by atomic mass is 16.4. The van der Waals surface area contributed by atoms with Crippen molar-refractivity contribution in [1.29, 1.82) is 0 Å². The molecular weight excluding hydrogens is 975 g/mol. The van der Waals surface area contributed by atoms with Crippen LogP contribution in [0.5, 0.6) is 5.75 Å². The summed E-state index contributed by atoms with van der Waals surface area (Å²) in [4.78, 5) is 146. The van der Waals surface area contributed by atoms with Crippen LogP contribution in [0.2, 0.25) is 0 Å². The van der Waals surface area contributed by atoms with E-state index in [4.69, 9.17) is 5.73 Å². The highest BCUT2D eigenvalue weighted by molar-refractivity contribution is 5.98. The van der Waals surface area contributed by atoms with E-state index in [-0.39, 0.29) is 38.0 Å². The predicted octanol–water partition coefficient (Wildman–Crippen LogP) is -2.42. The Bertz CT molecular complexity index is 2140. The number of amides is 8. The van der Waals surface area contributed by atoms with E-state index in [0.29, 0.717) is 12.0 Å². The Hall–Kier alpha value is -6.93. The number of carbonyl (C=O) groups is 11. The summed E-state index contributed by atoms with van der Waals surface area (Å²) in [5, 5.41) is 75.6. The number of carboxylic acid groups (broad SMARTS) is 3. The maximum absolute atomic E-state index is 14.2.